The van der Waals surface area contributed by atoms with Crippen LogP contribution in [0.25, 0.3) is 0 Å². The van der Waals surface area contributed by atoms with Crippen molar-refractivity contribution in [2.75, 3.05) is 13.3 Å². The molecule has 2 nitrogen and oxygen atoms in total. The molecule has 0 fully saturated rings. The summed E-state index contributed by atoms with van der Waals surface area (Å²) in [5.74, 6) is 0. The number of hydrogen-bond donors (Lipinski definition) is 0. The highest BCUT2D eigenvalue weighted by Gasteiger charge is 2.15. The zero-order valence-electron chi connectivity index (χ0n) is 4.50. The van der Waals surface area contributed by atoms with Crippen molar-refractivity contribution < 1.29 is 4.74 Å². The van der Waals surface area contributed by atoms with Crippen molar-refractivity contribution in [1.82, 2.24) is 4.90 Å². The van der Waals surface area contributed by atoms with Crippen LogP contribution in [0.2, 0.25) is 0 Å². The van der Waals surface area contributed by atoms with E-state index >= 15 is 0 Å². The van der Waals surface area contributed by atoms with E-state index < -0.39 is 0 Å². The van der Waals surface area contributed by atoms with Gasteiger partial charge in [-0.2, -0.15) is 0 Å². The third-order valence-corrected chi connectivity index (χ3v) is 1.41. The van der Waals surface area contributed by atoms with Crippen molar-refractivity contribution >= 4 is 0 Å². The molecule has 0 unspecified atom stereocenters. The van der Waals surface area contributed by atoms with Gasteiger partial charge in [-0.05, 0) is 6.08 Å². The maximum absolute atomic E-state index is 5.02. The first-order chi connectivity index (χ1) is 3.97. The Bertz CT molecular complexity index is 160. The number of rotatable bonds is 0. The summed E-state index contributed by atoms with van der Waals surface area (Å²) in [7, 11) is 0. The van der Waals surface area contributed by atoms with Gasteiger partial charge in [-0.15, -0.1) is 0 Å². The monoisotopic (exact) mass is 109 g/mol. The third kappa shape index (κ3) is 0.372. The van der Waals surface area contributed by atoms with Crippen LogP contribution in [0, 0.1) is 0 Å². The first-order valence-corrected chi connectivity index (χ1v) is 2.70. The van der Waals surface area contributed by atoms with Crippen molar-refractivity contribution in [2.45, 2.75) is 0 Å². The van der Waals surface area contributed by atoms with Gasteiger partial charge in [-0.1, -0.05) is 6.08 Å². The Morgan fingerprint density at radius 2 is 2.62 bits per heavy atom. The standard InChI is InChI=1S/C6H7NO/c1-2-6-4-8-5-7(6)3-1/h1-2,4H,3,5H2. The molecule has 0 aliphatic carbocycles. The summed E-state index contributed by atoms with van der Waals surface area (Å²) in [6, 6.07) is 0. The van der Waals surface area contributed by atoms with Gasteiger partial charge < -0.3 is 9.64 Å². The average molecular weight is 109 g/mol. The van der Waals surface area contributed by atoms with Crippen LogP contribution in [-0.2, 0) is 4.74 Å². The Labute approximate surface area is 48.0 Å². The zero-order chi connectivity index (χ0) is 5.40. The average Bonchev–Trinajstić information content (AvgIpc) is 2.15. The lowest BCUT2D eigenvalue weighted by Gasteiger charge is -2.08. The normalized spacial score (nSPS) is 23.0. The maximum Gasteiger partial charge on any atom is 0.161 e. The van der Waals surface area contributed by atoms with Crippen molar-refractivity contribution in [3.05, 3.63) is 24.1 Å². The topological polar surface area (TPSA) is 12.5 Å². The van der Waals surface area contributed by atoms with Gasteiger partial charge in [-0.3, -0.25) is 0 Å². The molecule has 0 saturated carbocycles. The lowest BCUT2D eigenvalue weighted by Crippen LogP contribution is -2.14. The molecule has 8 heavy (non-hydrogen) atoms. The van der Waals surface area contributed by atoms with Crippen LogP contribution < -0.4 is 0 Å². The molecule has 0 aromatic rings. The van der Waals surface area contributed by atoms with Crippen molar-refractivity contribution in [3.8, 4) is 0 Å². The second-order valence-electron chi connectivity index (χ2n) is 1.96. The number of fused-ring (bicyclic) bond motifs is 1. The first-order valence-electron chi connectivity index (χ1n) is 2.70. The fourth-order valence-electron chi connectivity index (χ4n) is 0.965. The quantitative estimate of drug-likeness (QED) is 0.453. The minimum atomic E-state index is 0.738. The molecule has 2 rings (SSSR count). The van der Waals surface area contributed by atoms with E-state index in [2.05, 4.69) is 17.1 Å². The maximum atomic E-state index is 5.02. The molecule has 0 spiro atoms. The molecule has 2 heterocycles. The van der Waals surface area contributed by atoms with Gasteiger partial charge >= 0.3 is 0 Å². The summed E-state index contributed by atoms with van der Waals surface area (Å²) in [6.07, 6.45) is 6.00. The molecule has 0 aromatic heterocycles. The molecule has 0 aromatic carbocycles. The van der Waals surface area contributed by atoms with Gasteiger partial charge in [0.05, 0.1) is 5.70 Å². The van der Waals surface area contributed by atoms with E-state index in [1.807, 2.05) is 0 Å². The van der Waals surface area contributed by atoms with Crippen LogP contribution in [0.3, 0.4) is 0 Å². The van der Waals surface area contributed by atoms with Crippen LogP contribution in [0.5, 0.6) is 0 Å². The van der Waals surface area contributed by atoms with Crippen molar-refractivity contribution in [2.24, 2.45) is 0 Å². The van der Waals surface area contributed by atoms with Crippen LogP contribution in [0.15, 0.2) is 24.1 Å². The molecule has 2 heteroatoms. The summed E-state index contributed by atoms with van der Waals surface area (Å²) in [4.78, 5) is 2.17. The van der Waals surface area contributed by atoms with E-state index in [-0.39, 0.29) is 0 Å². The minimum absolute atomic E-state index is 0.738. The van der Waals surface area contributed by atoms with E-state index in [0.29, 0.717) is 0 Å². The van der Waals surface area contributed by atoms with E-state index in [0.717, 1.165) is 13.3 Å². The van der Waals surface area contributed by atoms with Gasteiger partial charge in [0, 0.05) is 6.54 Å². The molecule has 2 aliphatic rings. The number of allylic oxidation sites excluding steroid dienone is 1. The highest BCUT2D eigenvalue weighted by Crippen LogP contribution is 2.17. The molecular weight excluding hydrogens is 102 g/mol. The van der Waals surface area contributed by atoms with Crippen LogP contribution in [0.1, 0.15) is 0 Å². The Morgan fingerprint density at radius 3 is 3.50 bits per heavy atom. The fraction of sp³-hybridized carbons (Fsp3) is 0.333. The van der Waals surface area contributed by atoms with Crippen LogP contribution in [-0.4, -0.2) is 18.2 Å². The van der Waals surface area contributed by atoms with E-state index in [4.69, 9.17) is 4.74 Å². The molecule has 2 aliphatic heterocycles. The van der Waals surface area contributed by atoms with Crippen molar-refractivity contribution in [3.63, 3.8) is 0 Å². The highest BCUT2D eigenvalue weighted by atomic mass is 16.5. The van der Waals surface area contributed by atoms with E-state index in [1.54, 1.807) is 6.26 Å². The number of ether oxygens (including phenoxy) is 1. The van der Waals surface area contributed by atoms with Gasteiger partial charge in [-0.25, -0.2) is 0 Å². The fourth-order valence-corrected chi connectivity index (χ4v) is 0.965. The Kier molecular flexibility index (Phi) is 0.640. The van der Waals surface area contributed by atoms with Gasteiger partial charge in [0.25, 0.3) is 0 Å². The van der Waals surface area contributed by atoms with Gasteiger partial charge in [0.2, 0.25) is 0 Å². The molecule has 0 N–H and O–H groups in total. The predicted octanol–water partition coefficient (Wildman–Crippen LogP) is 0.687. The lowest BCUT2D eigenvalue weighted by atomic mass is 10.5. The van der Waals surface area contributed by atoms with E-state index in [1.165, 1.54) is 5.70 Å². The number of nitrogens with zero attached hydrogens (tertiary/aromatic N) is 1. The molecule has 0 saturated heterocycles. The van der Waals surface area contributed by atoms with Crippen LogP contribution >= 0.6 is 0 Å². The molecule has 0 amide bonds. The summed E-state index contributed by atoms with van der Waals surface area (Å²) < 4.78 is 5.02. The summed E-state index contributed by atoms with van der Waals surface area (Å²) in [5, 5.41) is 0. The lowest BCUT2D eigenvalue weighted by molar-refractivity contribution is 0.180. The summed E-state index contributed by atoms with van der Waals surface area (Å²) in [6.45, 7) is 1.76. The largest absolute Gasteiger partial charge is 0.479 e. The molecule has 0 atom stereocenters. The molecule has 0 bridgehead atoms. The van der Waals surface area contributed by atoms with Crippen LogP contribution in [0.4, 0.5) is 0 Å². The van der Waals surface area contributed by atoms with E-state index in [9.17, 15) is 0 Å². The second-order valence-corrected chi connectivity index (χ2v) is 1.96. The first kappa shape index (κ1) is 4.01. The SMILES string of the molecule is C1=CC2=COCN2C1. The number of hydrogen-bond acceptors (Lipinski definition) is 2. The van der Waals surface area contributed by atoms with Gasteiger partial charge in [0.1, 0.15) is 6.26 Å². The molecular formula is C6H7NO. The zero-order valence-corrected chi connectivity index (χ0v) is 4.50. The molecule has 0 radical (unpaired) electrons. The highest BCUT2D eigenvalue weighted by molar-refractivity contribution is 5.23. The van der Waals surface area contributed by atoms with Gasteiger partial charge in [0.15, 0.2) is 6.73 Å². The Balaban J connectivity index is 2.31. The smallest absolute Gasteiger partial charge is 0.161 e. The predicted molar refractivity (Wildman–Crippen MR) is 29.9 cm³/mol. The summed E-state index contributed by atoms with van der Waals surface area (Å²) in [5.41, 5.74) is 1.21. The minimum Gasteiger partial charge on any atom is -0.479 e. The Morgan fingerprint density at radius 1 is 1.62 bits per heavy atom. The Hall–Kier alpha value is -0.920. The second kappa shape index (κ2) is 1.28. The van der Waals surface area contributed by atoms with Crippen molar-refractivity contribution in [1.29, 1.82) is 0 Å². The molecule has 42 valence electrons. The summed E-state index contributed by atoms with van der Waals surface area (Å²) >= 11 is 0. The third-order valence-electron chi connectivity index (χ3n) is 1.41.